The maximum atomic E-state index is 11.5. The number of rotatable bonds is 3. The van der Waals surface area contributed by atoms with Crippen molar-refractivity contribution in [3.8, 4) is 0 Å². The Labute approximate surface area is 104 Å². The Kier molecular flexibility index (Phi) is 4.09. The Hall–Kier alpha value is -2.31. The van der Waals surface area contributed by atoms with Gasteiger partial charge >= 0.3 is 6.09 Å². The topological polar surface area (TPSA) is 84.7 Å². The van der Waals surface area contributed by atoms with Crippen LogP contribution in [0.4, 0.5) is 10.5 Å². The molecule has 0 fully saturated rings. The predicted octanol–water partition coefficient (Wildman–Crippen LogP) is 2.12. The number of ether oxygens (including phenoxy) is 1. The number of benzene rings is 1. The zero-order valence-electron chi connectivity index (χ0n) is 10.4. The van der Waals surface area contributed by atoms with Gasteiger partial charge in [0.1, 0.15) is 11.3 Å². The van der Waals surface area contributed by atoms with Crippen molar-refractivity contribution in [1.29, 1.82) is 0 Å². The van der Waals surface area contributed by atoms with Gasteiger partial charge < -0.3 is 4.74 Å². The van der Waals surface area contributed by atoms with Crippen molar-refractivity contribution in [2.75, 3.05) is 5.12 Å². The van der Waals surface area contributed by atoms with Crippen LogP contribution in [-0.2, 0) is 4.74 Å². The fourth-order valence-corrected chi connectivity index (χ4v) is 1.16. The van der Waals surface area contributed by atoms with E-state index < -0.39 is 16.7 Å². The van der Waals surface area contributed by atoms with Crippen LogP contribution in [0, 0.1) is 10.1 Å². The lowest BCUT2D eigenvalue weighted by Gasteiger charge is -2.21. The number of hydrogen-bond donors (Lipinski definition) is 1. The summed E-state index contributed by atoms with van der Waals surface area (Å²) in [5, 5.41) is 10.6. The average molecular weight is 253 g/mol. The number of para-hydroxylation sites is 1. The Morgan fingerprint density at radius 3 is 2.33 bits per heavy atom. The SMILES string of the molecule is CC(C)(C)OC(=O)NN(c1ccccc1)[N+](=O)[O-]. The molecule has 1 rings (SSSR count). The Bertz CT molecular complexity index is 428. The second-order valence-electron chi connectivity index (χ2n) is 4.50. The van der Waals surface area contributed by atoms with Crippen LogP contribution in [0.1, 0.15) is 20.8 Å². The number of anilines is 1. The molecule has 0 aliphatic carbocycles. The quantitative estimate of drug-likeness (QED) is 0.658. The van der Waals surface area contributed by atoms with Crippen molar-refractivity contribution in [2.24, 2.45) is 0 Å². The molecular weight excluding hydrogens is 238 g/mol. The van der Waals surface area contributed by atoms with E-state index in [1.807, 2.05) is 0 Å². The van der Waals surface area contributed by atoms with E-state index in [0.717, 1.165) is 0 Å². The summed E-state index contributed by atoms with van der Waals surface area (Å²) in [5.74, 6) is 0. The highest BCUT2D eigenvalue weighted by molar-refractivity contribution is 5.69. The molecule has 0 saturated heterocycles. The first-order valence-corrected chi connectivity index (χ1v) is 5.29. The van der Waals surface area contributed by atoms with Crippen molar-refractivity contribution in [1.82, 2.24) is 5.43 Å². The molecule has 0 saturated carbocycles. The number of amides is 1. The van der Waals surface area contributed by atoms with Crippen LogP contribution >= 0.6 is 0 Å². The molecule has 7 heteroatoms. The predicted molar refractivity (Wildman–Crippen MR) is 65.3 cm³/mol. The second-order valence-corrected chi connectivity index (χ2v) is 4.50. The van der Waals surface area contributed by atoms with Crippen LogP contribution in [0.3, 0.4) is 0 Å². The smallest absolute Gasteiger partial charge is 0.431 e. The lowest BCUT2D eigenvalue weighted by molar-refractivity contribution is -0.501. The van der Waals surface area contributed by atoms with Gasteiger partial charge in [0.25, 0.3) is 0 Å². The molecule has 18 heavy (non-hydrogen) atoms. The lowest BCUT2D eigenvalue weighted by Crippen LogP contribution is -2.48. The molecular formula is C11H15N3O4. The highest BCUT2D eigenvalue weighted by atomic mass is 16.7. The molecule has 0 radical (unpaired) electrons. The maximum Gasteiger partial charge on any atom is 0.431 e. The van der Waals surface area contributed by atoms with E-state index in [1.54, 1.807) is 39.0 Å². The average Bonchev–Trinajstić information content (AvgIpc) is 2.24. The summed E-state index contributed by atoms with van der Waals surface area (Å²) in [6.07, 6.45) is -0.886. The number of nitrogens with zero attached hydrogens (tertiary/aromatic N) is 2. The molecule has 98 valence electrons. The largest absolute Gasteiger partial charge is 0.442 e. The number of hydrazine groups is 2. The van der Waals surface area contributed by atoms with Crippen LogP contribution < -0.4 is 10.5 Å². The Morgan fingerprint density at radius 2 is 1.89 bits per heavy atom. The molecule has 0 heterocycles. The summed E-state index contributed by atoms with van der Waals surface area (Å²) in [6, 6.07) is 7.97. The van der Waals surface area contributed by atoms with Crippen molar-refractivity contribution < 1.29 is 14.6 Å². The molecule has 0 bridgehead atoms. The fraction of sp³-hybridized carbons (Fsp3) is 0.364. The molecule has 0 atom stereocenters. The number of nitro groups is 1. The van der Waals surface area contributed by atoms with E-state index in [4.69, 9.17) is 4.74 Å². The van der Waals surface area contributed by atoms with Gasteiger partial charge in [0.15, 0.2) is 5.03 Å². The van der Waals surface area contributed by atoms with Gasteiger partial charge in [-0.3, -0.25) is 0 Å². The van der Waals surface area contributed by atoms with Gasteiger partial charge in [-0.1, -0.05) is 18.2 Å². The third-order valence-electron chi connectivity index (χ3n) is 1.76. The molecule has 1 N–H and O–H groups in total. The minimum atomic E-state index is -0.886. The molecule has 1 aromatic carbocycles. The van der Waals surface area contributed by atoms with Crippen LogP contribution in [-0.4, -0.2) is 16.7 Å². The van der Waals surface area contributed by atoms with Gasteiger partial charge in [0.2, 0.25) is 0 Å². The lowest BCUT2D eigenvalue weighted by atomic mass is 10.2. The number of carbonyl (C=O) groups excluding carboxylic acids is 1. The van der Waals surface area contributed by atoms with Gasteiger partial charge in [-0.2, -0.15) is 5.43 Å². The van der Waals surface area contributed by atoms with Crippen LogP contribution in [0.2, 0.25) is 0 Å². The number of carbonyl (C=O) groups is 1. The molecule has 0 unspecified atom stereocenters. The van der Waals surface area contributed by atoms with Gasteiger partial charge in [0.05, 0.1) is 0 Å². The zero-order valence-corrected chi connectivity index (χ0v) is 10.4. The van der Waals surface area contributed by atoms with Crippen molar-refractivity contribution >= 4 is 11.8 Å². The summed E-state index contributed by atoms with van der Waals surface area (Å²) in [5.41, 5.74) is 1.57. The van der Waals surface area contributed by atoms with E-state index in [-0.39, 0.29) is 5.69 Å². The van der Waals surface area contributed by atoms with Gasteiger partial charge in [0, 0.05) is 5.12 Å². The molecule has 0 aromatic heterocycles. The highest BCUT2D eigenvalue weighted by Gasteiger charge is 2.24. The summed E-state index contributed by atoms with van der Waals surface area (Å²) in [6.45, 7) is 5.02. The summed E-state index contributed by atoms with van der Waals surface area (Å²) in [4.78, 5) is 22.3. The van der Waals surface area contributed by atoms with Crippen LogP contribution in [0.25, 0.3) is 0 Å². The summed E-state index contributed by atoms with van der Waals surface area (Å²) in [7, 11) is 0. The van der Waals surface area contributed by atoms with Crippen molar-refractivity contribution in [3.05, 3.63) is 40.4 Å². The zero-order chi connectivity index (χ0) is 13.8. The second kappa shape index (κ2) is 5.35. The molecule has 0 spiro atoms. The highest BCUT2D eigenvalue weighted by Crippen LogP contribution is 2.12. The first kappa shape index (κ1) is 13.8. The van der Waals surface area contributed by atoms with E-state index in [0.29, 0.717) is 5.12 Å². The van der Waals surface area contributed by atoms with E-state index in [9.17, 15) is 14.9 Å². The molecule has 1 amide bonds. The minimum Gasteiger partial charge on any atom is -0.442 e. The van der Waals surface area contributed by atoms with E-state index in [2.05, 4.69) is 5.43 Å². The number of nitrogens with one attached hydrogen (secondary N) is 1. The maximum absolute atomic E-state index is 11.5. The summed E-state index contributed by atoms with van der Waals surface area (Å²) < 4.78 is 4.94. The normalized spacial score (nSPS) is 10.6. The van der Waals surface area contributed by atoms with Gasteiger partial charge in [-0.05, 0) is 32.9 Å². The van der Waals surface area contributed by atoms with Gasteiger partial charge in [-0.25, -0.2) is 14.9 Å². The van der Waals surface area contributed by atoms with Crippen molar-refractivity contribution in [3.63, 3.8) is 0 Å². The first-order chi connectivity index (χ1) is 8.29. The van der Waals surface area contributed by atoms with Crippen LogP contribution in [0.5, 0.6) is 0 Å². The van der Waals surface area contributed by atoms with Gasteiger partial charge in [-0.15, -0.1) is 0 Å². The summed E-state index contributed by atoms with van der Waals surface area (Å²) >= 11 is 0. The molecule has 0 aliphatic rings. The Morgan fingerprint density at radius 1 is 1.33 bits per heavy atom. The molecule has 0 aliphatic heterocycles. The molecule has 7 nitrogen and oxygen atoms in total. The first-order valence-electron chi connectivity index (χ1n) is 5.29. The Balaban J connectivity index is 2.77. The van der Waals surface area contributed by atoms with E-state index in [1.165, 1.54) is 12.1 Å². The van der Waals surface area contributed by atoms with Crippen LogP contribution in [0.15, 0.2) is 30.3 Å². The monoisotopic (exact) mass is 253 g/mol. The van der Waals surface area contributed by atoms with Crippen molar-refractivity contribution in [2.45, 2.75) is 26.4 Å². The number of hydrogen-bond acceptors (Lipinski definition) is 4. The fourth-order valence-electron chi connectivity index (χ4n) is 1.16. The third kappa shape index (κ3) is 4.28. The van der Waals surface area contributed by atoms with E-state index >= 15 is 0 Å². The molecule has 1 aromatic rings. The minimum absolute atomic E-state index is 0.230. The third-order valence-corrected chi connectivity index (χ3v) is 1.76. The standard InChI is InChI=1S/C11H15N3O4/c1-11(2,3)18-10(15)12-13(14(16)17)9-7-5-4-6-8-9/h4-8H,1-3H3,(H,12,15).